The zero-order valence-electron chi connectivity index (χ0n) is 12.6. The van der Waals surface area contributed by atoms with Gasteiger partial charge in [-0.2, -0.15) is 0 Å². The summed E-state index contributed by atoms with van der Waals surface area (Å²) in [7, 11) is 0. The second-order valence-electron chi connectivity index (χ2n) is 6.04. The molecule has 1 amide bonds. The standard InChI is InChI=1S/C14H25NO5/c1-5-19-12(17)11(9-7-6-8-10(9)16)15-13(18)20-14(2,3)4/h9-11,16H,5-8H2,1-4H3,(H,15,18). The van der Waals surface area contributed by atoms with Gasteiger partial charge in [-0.05, 0) is 40.5 Å². The summed E-state index contributed by atoms with van der Waals surface area (Å²) >= 11 is 0. The normalized spacial score (nSPS) is 24.1. The van der Waals surface area contributed by atoms with Gasteiger partial charge in [0.15, 0.2) is 0 Å². The Balaban J connectivity index is 2.72. The molecule has 0 bridgehead atoms. The van der Waals surface area contributed by atoms with Gasteiger partial charge in [-0.3, -0.25) is 0 Å². The summed E-state index contributed by atoms with van der Waals surface area (Å²) in [6.45, 7) is 7.17. The number of aliphatic hydroxyl groups excluding tert-OH is 1. The fraction of sp³-hybridized carbons (Fsp3) is 0.857. The van der Waals surface area contributed by atoms with Crippen molar-refractivity contribution in [1.82, 2.24) is 5.32 Å². The van der Waals surface area contributed by atoms with Gasteiger partial charge in [-0.1, -0.05) is 6.42 Å². The number of esters is 1. The Kier molecular flexibility index (Phi) is 5.80. The summed E-state index contributed by atoms with van der Waals surface area (Å²) in [4.78, 5) is 23.8. The highest BCUT2D eigenvalue weighted by atomic mass is 16.6. The molecule has 3 unspecified atom stereocenters. The summed E-state index contributed by atoms with van der Waals surface area (Å²) in [5.41, 5.74) is -0.641. The van der Waals surface area contributed by atoms with Crippen LogP contribution >= 0.6 is 0 Å². The number of hydrogen-bond donors (Lipinski definition) is 2. The van der Waals surface area contributed by atoms with E-state index in [0.717, 1.165) is 6.42 Å². The van der Waals surface area contributed by atoms with E-state index in [9.17, 15) is 14.7 Å². The van der Waals surface area contributed by atoms with Crippen molar-refractivity contribution in [3.05, 3.63) is 0 Å². The van der Waals surface area contributed by atoms with Crippen LogP contribution in [0.1, 0.15) is 47.0 Å². The Morgan fingerprint density at radius 1 is 1.35 bits per heavy atom. The first-order valence-corrected chi connectivity index (χ1v) is 7.09. The van der Waals surface area contributed by atoms with Gasteiger partial charge in [0.25, 0.3) is 0 Å². The summed E-state index contributed by atoms with van der Waals surface area (Å²) in [5.74, 6) is -0.842. The average molecular weight is 287 g/mol. The van der Waals surface area contributed by atoms with Crippen molar-refractivity contribution in [3.8, 4) is 0 Å². The van der Waals surface area contributed by atoms with Gasteiger partial charge >= 0.3 is 12.1 Å². The monoisotopic (exact) mass is 287 g/mol. The van der Waals surface area contributed by atoms with Crippen LogP contribution in [0.25, 0.3) is 0 Å². The molecule has 6 nitrogen and oxygen atoms in total. The number of carbonyl (C=O) groups is 2. The molecule has 3 atom stereocenters. The lowest BCUT2D eigenvalue weighted by molar-refractivity contribution is -0.148. The predicted octanol–water partition coefficient (Wildman–Crippen LogP) is 1.60. The first kappa shape index (κ1) is 16.8. The largest absolute Gasteiger partial charge is 0.464 e. The van der Waals surface area contributed by atoms with Crippen molar-refractivity contribution in [3.63, 3.8) is 0 Å². The minimum Gasteiger partial charge on any atom is -0.464 e. The van der Waals surface area contributed by atoms with Gasteiger partial charge in [0.2, 0.25) is 0 Å². The highest BCUT2D eigenvalue weighted by Crippen LogP contribution is 2.29. The molecule has 0 spiro atoms. The lowest BCUT2D eigenvalue weighted by Gasteiger charge is -2.27. The van der Waals surface area contributed by atoms with Crippen molar-refractivity contribution in [2.75, 3.05) is 6.61 Å². The van der Waals surface area contributed by atoms with Gasteiger partial charge in [-0.25, -0.2) is 9.59 Å². The first-order valence-electron chi connectivity index (χ1n) is 7.09. The van der Waals surface area contributed by atoms with Gasteiger partial charge in [0, 0.05) is 5.92 Å². The molecule has 1 aliphatic carbocycles. The third-order valence-electron chi connectivity index (χ3n) is 3.17. The van der Waals surface area contributed by atoms with Gasteiger partial charge in [0.1, 0.15) is 11.6 Å². The SMILES string of the molecule is CCOC(=O)C(NC(=O)OC(C)(C)C)C1CCCC1O. The molecule has 1 fully saturated rings. The number of aliphatic hydroxyl groups is 1. The predicted molar refractivity (Wildman–Crippen MR) is 73.1 cm³/mol. The molecule has 0 radical (unpaired) electrons. The smallest absolute Gasteiger partial charge is 0.408 e. The highest BCUT2D eigenvalue weighted by molar-refractivity contribution is 5.82. The Morgan fingerprint density at radius 3 is 2.45 bits per heavy atom. The number of carbonyl (C=O) groups excluding carboxylic acids is 2. The van der Waals surface area contributed by atoms with Crippen molar-refractivity contribution in [1.29, 1.82) is 0 Å². The van der Waals surface area contributed by atoms with Crippen LogP contribution < -0.4 is 5.32 Å². The van der Waals surface area contributed by atoms with Gasteiger partial charge in [0.05, 0.1) is 12.7 Å². The van der Waals surface area contributed by atoms with Gasteiger partial charge in [-0.15, -0.1) is 0 Å². The molecule has 0 saturated heterocycles. The van der Waals surface area contributed by atoms with Crippen molar-refractivity contribution in [2.45, 2.75) is 64.7 Å². The Bertz CT molecular complexity index is 350. The van der Waals surface area contributed by atoms with E-state index in [4.69, 9.17) is 9.47 Å². The van der Waals surface area contributed by atoms with Crippen molar-refractivity contribution in [2.24, 2.45) is 5.92 Å². The fourth-order valence-corrected chi connectivity index (χ4v) is 2.37. The molecule has 1 rings (SSSR count). The molecule has 1 saturated carbocycles. The quantitative estimate of drug-likeness (QED) is 0.767. The molecule has 20 heavy (non-hydrogen) atoms. The summed E-state index contributed by atoms with van der Waals surface area (Å²) in [6.07, 6.45) is 0.878. The molecule has 116 valence electrons. The van der Waals surface area contributed by atoms with E-state index in [1.165, 1.54) is 0 Å². The Hall–Kier alpha value is -1.30. The Morgan fingerprint density at radius 2 is 2.00 bits per heavy atom. The maximum absolute atomic E-state index is 12.0. The van der Waals surface area contributed by atoms with Crippen LogP contribution in [0.15, 0.2) is 0 Å². The first-order chi connectivity index (χ1) is 9.24. The zero-order chi connectivity index (χ0) is 15.3. The van der Waals surface area contributed by atoms with Gasteiger partial charge < -0.3 is 19.9 Å². The van der Waals surface area contributed by atoms with E-state index in [0.29, 0.717) is 12.8 Å². The third kappa shape index (κ3) is 5.00. The van der Waals surface area contributed by atoms with E-state index in [-0.39, 0.29) is 12.5 Å². The van der Waals surface area contributed by atoms with Crippen LogP contribution in [0.5, 0.6) is 0 Å². The minimum absolute atomic E-state index is 0.230. The lowest BCUT2D eigenvalue weighted by Crippen LogP contribution is -2.50. The molecule has 1 aliphatic rings. The molecule has 0 aromatic heterocycles. The number of hydrogen-bond acceptors (Lipinski definition) is 5. The van der Waals surface area contributed by atoms with Crippen LogP contribution in [-0.2, 0) is 14.3 Å². The van der Waals surface area contributed by atoms with Crippen LogP contribution in [0, 0.1) is 5.92 Å². The average Bonchev–Trinajstić information content (AvgIpc) is 2.70. The van der Waals surface area contributed by atoms with Crippen LogP contribution in [0.3, 0.4) is 0 Å². The molecule has 0 aromatic rings. The Labute approximate surface area is 119 Å². The molecule has 6 heteroatoms. The van der Waals surface area contributed by atoms with Crippen LogP contribution in [0.4, 0.5) is 4.79 Å². The highest BCUT2D eigenvalue weighted by Gasteiger charge is 2.39. The summed E-state index contributed by atoms with van der Waals surface area (Å²) < 4.78 is 10.1. The lowest BCUT2D eigenvalue weighted by atomic mass is 9.96. The number of alkyl carbamates (subject to hydrolysis) is 1. The zero-order valence-corrected chi connectivity index (χ0v) is 12.6. The van der Waals surface area contributed by atoms with Crippen LogP contribution in [-0.4, -0.2) is 41.5 Å². The van der Waals surface area contributed by atoms with E-state index >= 15 is 0 Å². The maximum atomic E-state index is 12.0. The molecule has 0 aliphatic heterocycles. The number of rotatable bonds is 4. The number of ether oxygens (including phenoxy) is 2. The van der Waals surface area contributed by atoms with Crippen LogP contribution in [0.2, 0.25) is 0 Å². The fourth-order valence-electron chi connectivity index (χ4n) is 2.37. The topological polar surface area (TPSA) is 84.9 Å². The number of amides is 1. The van der Waals surface area contributed by atoms with Crippen molar-refractivity contribution >= 4 is 12.1 Å². The van der Waals surface area contributed by atoms with E-state index in [1.54, 1.807) is 27.7 Å². The molecule has 0 heterocycles. The maximum Gasteiger partial charge on any atom is 0.408 e. The molecular weight excluding hydrogens is 262 g/mol. The molecule has 2 N–H and O–H groups in total. The van der Waals surface area contributed by atoms with E-state index in [1.807, 2.05) is 0 Å². The summed E-state index contributed by atoms with van der Waals surface area (Å²) in [5, 5.41) is 12.5. The van der Waals surface area contributed by atoms with Crippen molar-refractivity contribution < 1.29 is 24.2 Å². The van der Waals surface area contributed by atoms with E-state index in [2.05, 4.69) is 5.32 Å². The minimum atomic E-state index is -0.859. The van der Waals surface area contributed by atoms with E-state index < -0.39 is 29.8 Å². The molecular formula is C14H25NO5. The molecule has 0 aromatic carbocycles. The summed E-state index contributed by atoms with van der Waals surface area (Å²) in [6, 6.07) is -0.859. The second kappa shape index (κ2) is 6.92. The third-order valence-corrected chi connectivity index (χ3v) is 3.17. The number of nitrogens with one attached hydrogen (secondary N) is 1. The second-order valence-corrected chi connectivity index (χ2v) is 6.04.